The lowest BCUT2D eigenvalue weighted by molar-refractivity contribution is 0.312. The summed E-state index contributed by atoms with van der Waals surface area (Å²) in [7, 11) is 0. The van der Waals surface area contributed by atoms with E-state index in [1.54, 1.807) is 13.0 Å². The molecule has 15 heavy (non-hydrogen) atoms. The predicted octanol–water partition coefficient (Wildman–Crippen LogP) is 4.18. The molecular weight excluding hydrogens is 295 g/mol. The van der Waals surface area contributed by atoms with Gasteiger partial charge < -0.3 is 17.7 Å². The third kappa shape index (κ3) is 3.95. The van der Waals surface area contributed by atoms with Gasteiger partial charge in [-0.15, -0.1) is 0 Å². The molecule has 1 aromatic carbocycles. The van der Waals surface area contributed by atoms with E-state index in [-0.39, 0.29) is 10.8 Å². The zero-order valence-electron chi connectivity index (χ0n) is 7.74. The molecule has 0 N–H and O–H groups in total. The SMILES string of the molecule is Cc1cc(Br)cc(Cl)c1OC[B-](F)(F)F. The molecule has 0 atom stereocenters. The molecule has 7 heteroatoms. The highest BCUT2D eigenvalue weighted by atomic mass is 79.9. The molecule has 0 bridgehead atoms. The Balaban J connectivity index is 2.86. The number of ether oxygens (including phenoxy) is 1. The van der Waals surface area contributed by atoms with Crippen molar-refractivity contribution in [2.75, 3.05) is 6.51 Å². The Morgan fingerprint density at radius 3 is 2.47 bits per heavy atom. The maximum Gasteiger partial charge on any atom is 0.515 e. The Morgan fingerprint density at radius 1 is 1.40 bits per heavy atom. The highest BCUT2D eigenvalue weighted by Crippen LogP contribution is 2.32. The molecule has 84 valence electrons. The number of benzene rings is 1. The molecule has 0 fully saturated rings. The van der Waals surface area contributed by atoms with Crippen LogP contribution in [-0.2, 0) is 0 Å². The van der Waals surface area contributed by atoms with E-state index in [9.17, 15) is 12.9 Å². The molecular formula is C8H7BBrClF3O-. The number of aryl methyl sites for hydroxylation is 1. The molecule has 1 nitrogen and oxygen atoms in total. The summed E-state index contributed by atoms with van der Waals surface area (Å²) in [6.07, 6.45) is 0. The Kier molecular flexibility index (Phi) is 3.95. The van der Waals surface area contributed by atoms with E-state index in [1.807, 2.05) is 0 Å². The summed E-state index contributed by atoms with van der Waals surface area (Å²) in [5.41, 5.74) is 0.564. The Labute approximate surface area is 98.7 Å². The fraction of sp³-hybridized carbons (Fsp3) is 0.250. The monoisotopic (exact) mass is 301 g/mol. The van der Waals surface area contributed by atoms with E-state index in [4.69, 9.17) is 11.6 Å². The summed E-state index contributed by atoms with van der Waals surface area (Å²) in [5.74, 6) is 0.0825. The third-order valence-electron chi connectivity index (χ3n) is 1.61. The largest absolute Gasteiger partial charge is 0.520 e. The van der Waals surface area contributed by atoms with Crippen molar-refractivity contribution >= 4 is 34.5 Å². The van der Waals surface area contributed by atoms with Crippen LogP contribution in [0.3, 0.4) is 0 Å². The first-order chi connectivity index (χ1) is 6.79. The van der Waals surface area contributed by atoms with E-state index in [0.29, 0.717) is 10.0 Å². The maximum atomic E-state index is 12.0. The lowest BCUT2D eigenvalue weighted by atomic mass is 9.95. The van der Waals surface area contributed by atoms with Gasteiger partial charge in [0.05, 0.1) is 11.5 Å². The van der Waals surface area contributed by atoms with Gasteiger partial charge in [0.2, 0.25) is 0 Å². The number of hydrogen-bond acceptors (Lipinski definition) is 1. The van der Waals surface area contributed by atoms with Crippen LogP contribution < -0.4 is 4.74 Å². The Morgan fingerprint density at radius 2 is 2.00 bits per heavy atom. The minimum atomic E-state index is -4.96. The first-order valence-electron chi connectivity index (χ1n) is 4.09. The predicted molar refractivity (Wildman–Crippen MR) is 58.5 cm³/mol. The van der Waals surface area contributed by atoms with Crippen molar-refractivity contribution in [1.82, 2.24) is 0 Å². The van der Waals surface area contributed by atoms with Crippen LogP contribution >= 0.6 is 27.5 Å². The van der Waals surface area contributed by atoms with Gasteiger partial charge in [-0.25, -0.2) is 0 Å². The quantitative estimate of drug-likeness (QED) is 0.761. The summed E-state index contributed by atoms with van der Waals surface area (Å²) < 4.78 is 41.2. The molecule has 0 saturated carbocycles. The van der Waals surface area contributed by atoms with Gasteiger partial charge in [0.1, 0.15) is 5.75 Å². The molecule has 0 aliphatic rings. The van der Waals surface area contributed by atoms with Crippen molar-refractivity contribution in [3.63, 3.8) is 0 Å². The third-order valence-corrected chi connectivity index (χ3v) is 2.35. The zero-order valence-corrected chi connectivity index (χ0v) is 10.1. The van der Waals surface area contributed by atoms with Gasteiger partial charge >= 0.3 is 6.98 Å². The highest BCUT2D eigenvalue weighted by molar-refractivity contribution is 9.10. The molecule has 0 aliphatic carbocycles. The number of hydrogen-bond donors (Lipinski definition) is 0. The van der Waals surface area contributed by atoms with Crippen molar-refractivity contribution in [3.05, 3.63) is 27.2 Å². The first-order valence-corrected chi connectivity index (χ1v) is 5.26. The van der Waals surface area contributed by atoms with Gasteiger partial charge in [0, 0.05) is 4.47 Å². The van der Waals surface area contributed by atoms with Crippen LogP contribution in [0.5, 0.6) is 5.75 Å². The molecule has 0 aliphatic heterocycles. The molecule has 0 radical (unpaired) electrons. The van der Waals surface area contributed by atoms with Gasteiger partial charge in [-0.3, -0.25) is 0 Å². The summed E-state index contributed by atoms with van der Waals surface area (Å²) in [6.45, 7) is -4.60. The molecule has 0 amide bonds. The molecule has 0 heterocycles. The van der Waals surface area contributed by atoms with Gasteiger partial charge in [-0.05, 0) is 24.6 Å². The fourth-order valence-corrected chi connectivity index (χ4v) is 2.07. The molecule has 1 rings (SSSR count). The zero-order chi connectivity index (χ0) is 11.6. The average molecular weight is 302 g/mol. The second kappa shape index (κ2) is 4.66. The van der Waals surface area contributed by atoms with Crippen molar-refractivity contribution in [3.8, 4) is 5.75 Å². The second-order valence-electron chi connectivity index (χ2n) is 3.05. The van der Waals surface area contributed by atoms with E-state index in [1.165, 1.54) is 6.07 Å². The van der Waals surface area contributed by atoms with Gasteiger partial charge in [-0.2, -0.15) is 0 Å². The van der Waals surface area contributed by atoms with E-state index >= 15 is 0 Å². The molecule has 0 saturated heterocycles. The van der Waals surface area contributed by atoms with Crippen molar-refractivity contribution in [1.29, 1.82) is 0 Å². The summed E-state index contributed by atoms with van der Waals surface area (Å²) in [5, 5.41) is 0.168. The highest BCUT2D eigenvalue weighted by Gasteiger charge is 2.25. The smallest absolute Gasteiger partial charge is 0.515 e. The van der Waals surface area contributed by atoms with Crippen LogP contribution in [0, 0.1) is 6.92 Å². The number of halogens is 5. The molecule has 0 spiro atoms. The van der Waals surface area contributed by atoms with Crippen LogP contribution in [0.2, 0.25) is 5.02 Å². The van der Waals surface area contributed by atoms with Crippen LogP contribution in [0.1, 0.15) is 5.56 Å². The van der Waals surface area contributed by atoms with Gasteiger partial charge in [0.25, 0.3) is 0 Å². The minimum Gasteiger partial charge on any atom is -0.520 e. The first kappa shape index (κ1) is 12.7. The van der Waals surface area contributed by atoms with Crippen LogP contribution in [0.25, 0.3) is 0 Å². The topological polar surface area (TPSA) is 9.23 Å². The number of rotatable bonds is 3. The average Bonchev–Trinajstić information content (AvgIpc) is 1.99. The molecule has 0 unspecified atom stereocenters. The Bertz CT molecular complexity index is 346. The maximum absolute atomic E-state index is 12.0. The van der Waals surface area contributed by atoms with Crippen LogP contribution in [0.15, 0.2) is 16.6 Å². The summed E-state index contributed by atoms with van der Waals surface area (Å²) >= 11 is 8.93. The summed E-state index contributed by atoms with van der Waals surface area (Å²) in [4.78, 5) is 0. The lowest BCUT2D eigenvalue weighted by Crippen LogP contribution is -2.26. The van der Waals surface area contributed by atoms with E-state index in [2.05, 4.69) is 20.7 Å². The van der Waals surface area contributed by atoms with Crippen molar-refractivity contribution in [2.24, 2.45) is 0 Å². The van der Waals surface area contributed by atoms with Gasteiger partial charge in [0.15, 0.2) is 0 Å². The van der Waals surface area contributed by atoms with Crippen LogP contribution in [-0.4, -0.2) is 13.5 Å². The molecule has 0 aromatic heterocycles. The van der Waals surface area contributed by atoms with E-state index < -0.39 is 13.5 Å². The summed E-state index contributed by atoms with van der Waals surface area (Å²) in [6, 6.07) is 3.14. The Hall–Kier alpha value is -0.355. The lowest BCUT2D eigenvalue weighted by Gasteiger charge is -2.17. The van der Waals surface area contributed by atoms with Crippen molar-refractivity contribution in [2.45, 2.75) is 6.92 Å². The van der Waals surface area contributed by atoms with Gasteiger partial charge in [-0.1, -0.05) is 27.5 Å². The minimum absolute atomic E-state index is 0.0825. The van der Waals surface area contributed by atoms with E-state index in [0.717, 1.165) is 0 Å². The second-order valence-corrected chi connectivity index (χ2v) is 4.38. The normalized spacial score (nSPS) is 11.6. The standard InChI is InChI=1S/C8H7BBrClF3O/c1-5-2-6(10)3-7(11)8(5)15-4-9(12,13)14/h2-3H,4H2,1H3/q-1. The van der Waals surface area contributed by atoms with Crippen LogP contribution in [0.4, 0.5) is 12.9 Å². The molecule has 1 aromatic rings. The van der Waals surface area contributed by atoms with Crippen molar-refractivity contribution < 1.29 is 17.7 Å². The fourth-order valence-electron chi connectivity index (χ4n) is 1.05.